The standard InChI is InChI=1S/C22H22N6O2/c1-15(2)28-22(30)19-6-4-3-5-18(19)20(26-28)11-21(29)25-17-9-7-16(8-10-17)12-27-14-23-13-24-27/h3-10,13-15H,11-12H2,1-2H3,(H,25,29). The number of nitrogens with zero attached hydrogens (tertiary/aromatic N) is 5. The van der Waals surface area contributed by atoms with Crippen molar-refractivity contribution in [3.05, 3.63) is 82.8 Å². The van der Waals surface area contributed by atoms with Gasteiger partial charge in [-0.1, -0.05) is 30.3 Å². The van der Waals surface area contributed by atoms with Gasteiger partial charge in [-0.15, -0.1) is 0 Å². The number of anilines is 1. The van der Waals surface area contributed by atoms with Crippen LogP contribution in [0.15, 0.2) is 66.0 Å². The molecule has 0 radical (unpaired) electrons. The van der Waals surface area contributed by atoms with Gasteiger partial charge in [0.15, 0.2) is 0 Å². The highest BCUT2D eigenvalue weighted by atomic mass is 16.1. The van der Waals surface area contributed by atoms with E-state index in [9.17, 15) is 9.59 Å². The van der Waals surface area contributed by atoms with Crippen molar-refractivity contribution in [3.8, 4) is 0 Å². The van der Waals surface area contributed by atoms with Gasteiger partial charge in [0.2, 0.25) is 5.91 Å². The maximum Gasteiger partial charge on any atom is 0.274 e. The van der Waals surface area contributed by atoms with Crippen molar-refractivity contribution in [2.45, 2.75) is 32.9 Å². The van der Waals surface area contributed by atoms with E-state index in [0.29, 0.717) is 28.7 Å². The molecule has 30 heavy (non-hydrogen) atoms. The van der Waals surface area contributed by atoms with Gasteiger partial charge in [-0.05, 0) is 37.6 Å². The summed E-state index contributed by atoms with van der Waals surface area (Å²) in [4.78, 5) is 29.2. The van der Waals surface area contributed by atoms with Crippen LogP contribution in [0.1, 0.15) is 31.1 Å². The summed E-state index contributed by atoms with van der Waals surface area (Å²) in [5.41, 5.74) is 2.19. The van der Waals surface area contributed by atoms with Crippen LogP contribution in [-0.2, 0) is 17.8 Å². The van der Waals surface area contributed by atoms with E-state index in [1.54, 1.807) is 17.1 Å². The summed E-state index contributed by atoms with van der Waals surface area (Å²) in [5.74, 6) is -0.189. The number of hydrogen-bond acceptors (Lipinski definition) is 5. The van der Waals surface area contributed by atoms with Crippen LogP contribution >= 0.6 is 0 Å². The van der Waals surface area contributed by atoms with Crippen molar-refractivity contribution in [3.63, 3.8) is 0 Å². The van der Waals surface area contributed by atoms with Gasteiger partial charge >= 0.3 is 0 Å². The van der Waals surface area contributed by atoms with E-state index >= 15 is 0 Å². The summed E-state index contributed by atoms with van der Waals surface area (Å²) < 4.78 is 3.16. The van der Waals surface area contributed by atoms with Crippen LogP contribution in [0.4, 0.5) is 5.69 Å². The van der Waals surface area contributed by atoms with E-state index in [0.717, 1.165) is 5.56 Å². The number of aromatic nitrogens is 5. The molecule has 8 heteroatoms. The molecule has 2 aromatic carbocycles. The lowest BCUT2D eigenvalue weighted by Gasteiger charge is -2.13. The monoisotopic (exact) mass is 402 g/mol. The Morgan fingerprint density at radius 3 is 2.47 bits per heavy atom. The zero-order chi connectivity index (χ0) is 21.1. The Kier molecular flexibility index (Phi) is 5.38. The van der Waals surface area contributed by atoms with Crippen molar-refractivity contribution >= 4 is 22.4 Å². The van der Waals surface area contributed by atoms with Crippen LogP contribution in [0, 0.1) is 0 Å². The number of nitrogens with one attached hydrogen (secondary N) is 1. The van der Waals surface area contributed by atoms with Crippen LogP contribution < -0.4 is 10.9 Å². The minimum atomic E-state index is -0.189. The summed E-state index contributed by atoms with van der Waals surface area (Å²) in [6, 6.07) is 14.7. The molecule has 0 unspecified atom stereocenters. The average Bonchev–Trinajstić information content (AvgIpc) is 3.24. The molecule has 0 bridgehead atoms. The first kappa shape index (κ1) is 19.5. The predicted octanol–water partition coefficient (Wildman–Crippen LogP) is 2.80. The van der Waals surface area contributed by atoms with Crippen molar-refractivity contribution < 1.29 is 4.79 Å². The zero-order valence-electron chi connectivity index (χ0n) is 16.8. The van der Waals surface area contributed by atoms with Crippen molar-refractivity contribution in [1.29, 1.82) is 0 Å². The molecule has 0 spiro atoms. The third-order valence-corrected chi connectivity index (χ3v) is 4.77. The van der Waals surface area contributed by atoms with Gasteiger partial charge in [-0.2, -0.15) is 10.2 Å². The smallest absolute Gasteiger partial charge is 0.274 e. The maximum atomic E-state index is 12.7. The van der Waals surface area contributed by atoms with Gasteiger partial charge in [0.05, 0.1) is 30.1 Å². The Balaban J connectivity index is 1.52. The Labute approximate surface area is 173 Å². The van der Waals surface area contributed by atoms with Gasteiger partial charge in [0.1, 0.15) is 12.7 Å². The molecule has 0 aliphatic carbocycles. The summed E-state index contributed by atoms with van der Waals surface area (Å²) >= 11 is 0. The second kappa shape index (κ2) is 8.28. The van der Waals surface area contributed by atoms with Crippen LogP contribution in [0.2, 0.25) is 0 Å². The molecule has 0 saturated heterocycles. The Bertz CT molecular complexity index is 1230. The van der Waals surface area contributed by atoms with Gasteiger partial charge in [0.25, 0.3) is 5.56 Å². The highest BCUT2D eigenvalue weighted by Crippen LogP contribution is 2.16. The number of fused-ring (bicyclic) bond motifs is 1. The van der Waals surface area contributed by atoms with E-state index in [2.05, 4.69) is 20.5 Å². The highest BCUT2D eigenvalue weighted by Gasteiger charge is 2.15. The molecule has 2 heterocycles. The van der Waals surface area contributed by atoms with E-state index in [-0.39, 0.29) is 23.9 Å². The first-order valence-corrected chi connectivity index (χ1v) is 9.73. The molecule has 0 aliphatic heterocycles. The molecule has 1 N–H and O–H groups in total. The SMILES string of the molecule is CC(C)n1nc(CC(=O)Nc2ccc(Cn3cncn3)cc2)c2ccccc2c1=O. The number of carbonyl (C=O) groups is 1. The second-order valence-corrected chi connectivity index (χ2v) is 7.35. The lowest BCUT2D eigenvalue weighted by molar-refractivity contribution is -0.115. The molecule has 4 rings (SSSR count). The zero-order valence-corrected chi connectivity index (χ0v) is 16.8. The van der Waals surface area contributed by atoms with Gasteiger partial charge in [0, 0.05) is 11.1 Å². The minimum absolute atomic E-state index is 0.0776. The lowest BCUT2D eigenvalue weighted by atomic mass is 10.1. The Morgan fingerprint density at radius 1 is 1.07 bits per heavy atom. The first-order valence-electron chi connectivity index (χ1n) is 9.73. The molecule has 0 fully saturated rings. The maximum absolute atomic E-state index is 12.7. The largest absolute Gasteiger partial charge is 0.326 e. The van der Waals surface area contributed by atoms with Crippen LogP contribution in [0.5, 0.6) is 0 Å². The average molecular weight is 402 g/mol. The van der Waals surface area contributed by atoms with Crippen molar-refractivity contribution in [2.75, 3.05) is 5.32 Å². The summed E-state index contributed by atoms with van der Waals surface area (Å²) in [5, 5.41) is 12.7. The number of amides is 1. The Morgan fingerprint density at radius 2 is 1.80 bits per heavy atom. The van der Waals surface area contributed by atoms with Crippen molar-refractivity contribution in [2.24, 2.45) is 0 Å². The molecule has 0 atom stereocenters. The highest BCUT2D eigenvalue weighted by molar-refractivity contribution is 5.95. The molecule has 1 amide bonds. The quantitative estimate of drug-likeness (QED) is 0.535. The summed E-state index contributed by atoms with van der Waals surface area (Å²) in [6.45, 7) is 4.41. The minimum Gasteiger partial charge on any atom is -0.326 e. The third kappa shape index (κ3) is 4.12. The molecule has 4 aromatic rings. The van der Waals surface area contributed by atoms with Gasteiger partial charge in [-0.25, -0.2) is 14.3 Å². The molecule has 152 valence electrons. The predicted molar refractivity (Wildman–Crippen MR) is 114 cm³/mol. The molecule has 8 nitrogen and oxygen atoms in total. The number of carbonyl (C=O) groups excluding carboxylic acids is 1. The molecule has 2 aromatic heterocycles. The second-order valence-electron chi connectivity index (χ2n) is 7.35. The molecule has 0 saturated carbocycles. The van der Waals surface area contributed by atoms with Crippen LogP contribution in [-0.4, -0.2) is 30.5 Å². The van der Waals surface area contributed by atoms with E-state index in [1.165, 1.54) is 11.0 Å². The summed E-state index contributed by atoms with van der Waals surface area (Å²) in [7, 11) is 0. The van der Waals surface area contributed by atoms with Crippen LogP contribution in [0.25, 0.3) is 10.8 Å². The molecular weight excluding hydrogens is 380 g/mol. The van der Waals surface area contributed by atoms with E-state index in [1.807, 2.05) is 56.3 Å². The lowest BCUT2D eigenvalue weighted by Crippen LogP contribution is -2.27. The normalized spacial score (nSPS) is 11.2. The third-order valence-electron chi connectivity index (χ3n) is 4.77. The first-order chi connectivity index (χ1) is 14.5. The van der Waals surface area contributed by atoms with Crippen molar-refractivity contribution in [1.82, 2.24) is 24.5 Å². The van der Waals surface area contributed by atoms with Gasteiger partial charge < -0.3 is 5.32 Å². The molecule has 0 aliphatic rings. The van der Waals surface area contributed by atoms with E-state index in [4.69, 9.17) is 0 Å². The Hall–Kier alpha value is -3.81. The topological polar surface area (TPSA) is 94.7 Å². The number of rotatable bonds is 6. The number of benzene rings is 2. The van der Waals surface area contributed by atoms with E-state index < -0.39 is 0 Å². The fraction of sp³-hybridized carbons (Fsp3) is 0.227. The van der Waals surface area contributed by atoms with Crippen LogP contribution in [0.3, 0.4) is 0 Å². The van der Waals surface area contributed by atoms with Gasteiger partial charge in [-0.3, -0.25) is 9.59 Å². The fourth-order valence-corrected chi connectivity index (χ4v) is 3.31. The fourth-order valence-electron chi connectivity index (χ4n) is 3.31. The molecular formula is C22H22N6O2. The summed E-state index contributed by atoms with van der Waals surface area (Å²) in [6.07, 6.45) is 3.23. The number of hydrogen-bond donors (Lipinski definition) is 1.